The average Bonchev–Trinajstić information content (AvgIpc) is 3.39. The molecule has 0 N–H and O–H groups in total. The highest BCUT2D eigenvalue weighted by atomic mass is 32.2. The number of hydrogen-bond acceptors (Lipinski definition) is 8. The molecule has 0 saturated heterocycles. The lowest BCUT2D eigenvalue weighted by atomic mass is 9.94. The molecule has 0 saturated carbocycles. The van der Waals surface area contributed by atoms with Crippen molar-refractivity contribution in [2.75, 3.05) is 7.11 Å². The number of pyridine rings is 1. The van der Waals surface area contributed by atoms with Crippen molar-refractivity contribution < 1.29 is 17.5 Å². The first-order chi connectivity index (χ1) is 17.4. The maximum absolute atomic E-state index is 13.8. The molecule has 178 valence electrons. The number of nitriles is 1. The van der Waals surface area contributed by atoms with Crippen molar-refractivity contribution in [1.82, 2.24) is 14.3 Å². The minimum absolute atomic E-state index is 0.161. The Morgan fingerprint density at radius 1 is 1.06 bits per heavy atom. The van der Waals surface area contributed by atoms with Gasteiger partial charge in [-0.1, -0.05) is 18.2 Å². The van der Waals surface area contributed by atoms with Crippen LogP contribution in [0.25, 0.3) is 33.2 Å². The summed E-state index contributed by atoms with van der Waals surface area (Å²) >= 11 is 1.04. The van der Waals surface area contributed by atoms with Crippen molar-refractivity contribution in [3.05, 3.63) is 89.6 Å². The van der Waals surface area contributed by atoms with E-state index < -0.39 is 15.7 Å². The van der Waals surface area contributed by atoms with Crippen molar-refractivity contribution in [3.63, 3.8) is 0 Å². The van der Waals surface area contributed by atoms with Gasteiger partial charge >= 0.3 is 0 Å². The predicted molar refractivity (Wildman–Crippen MR) is 135 cm³/mol. The molecule has 0 bridgehead atoms. The first-order valence-corrected chi connectivity index (χ1v) is 13.1. The molecule has 36 heavy (non-hydrogen) atoms. The minimum Gasteiger partial charge on any atom is -0.496 e. The summed E-state index contributed by atoms with van der Waals surface area (Å²) in [6, 6.07) is 18.0. The van der Waals surface area contributed by atoms with Crippen LogP contribution in [0.2, 0.25) is 0 Å². The van der Waals surface area contributed by atoms with Crippen molar-refractivity contribution in [3.8, 4) is 34.2 Å². The van der Waals surface area contributed by atoms with Gasteiger partial charge in [0.25, 0.3) is 0 Å². The van der Waals surface area contributed by atoms with Crippen LogP contribution in [0, 0.1) is 17.1 Å². The first kappa shape index (κ1) is 23.5. The topological polar surface area (TPSA) is 106 Å². The SMILES string of the molecule is COc1cc(-c2cccc(F)c2)c(C#N)cc1-c1nccc2cc(S(=O)(=O)Cc3ncns3)ccc12. The number of nitrogens with zero attached hydrogens (tertiary/aromatic N) is 4. The van der Waals surface area contributed by atoms with Crippen molar-refractivity contribution in [2.45, 2.75) is 10.6 Å². The molecule has 7 nitrogen and oxygen atoms in total. The quantitative estimate of drug-likeness (QED) is 0.297. The predicted octanol–water partition coefficient (Wildman–Crippen LogP) is 5.41. The third-order valence-corrected chi connectivity index (χ3v) is 8.13. The van der Waals surface area contributed by atoms with Crippen LogP contribution in [0.5, 0.6) is 5.75 Å². The van der Waals surface area contributed by atoms with Gasteiger partial charge in [-0.25, -0.2) is 17.8 Å². The third-order valence-electron chi connectivity index (χ3n) is 5.67. The van der Waals surface area contributed by atoms with Crippen LogP contribution in [0.15, 0.2) is 78.1 Å². The van der Waals surface area contributed by atoms with Gasteiger partial charge in [-0.3, -0.25) is 4.98 Å². The van der Waals surface area contributed by atoms with Gasteiger partial charge in [-0.05, 0) is 64.9 Å². The van der Waals surface area contributed by atoms with E-state index >= 15 is 0 Å². The van der Waals surface area contributed by atoms with E-state index in [0.717, 1.165) is 11.5 Å². The van der Waals surface area contributed by atoms with Crippen molar-refractivity contribution in [1.29, 1.82) is 5.26 Å². The van der Waals surface area contributed by atoms with Crippen LogP contribution in [0.1, 0.15) is 10.6 Å². The van der Waals surface area contributed by atoms with E-state index in [4.69, 9.17) is 4.74 Å². The summed E-state index contributed by atoms with van der Waals surface area (Å²) in [6.07, 6.45) is 2.90. The van der Waals surface area contributed by atoms with Crippen LogP contribution in [0.4, 0.5) is 4.39 Å². The highest BCUT2D eigenvalue weighted by molar-refractivity contribution is 7.90. The van der Waals surface area contributed by atoms with E-state index in [-0.39, 0.29) is 10.6 Å². The highest BCUT2D eigenvalue weighted by Crippen LogP contribution is 2.39. The number of methoxy groups -OCH3 is 1. The second kappa shape index (κ2) is 9.45. The fourth-order valence-electron chi connectivity index (χ4n) is 3.99. The Kier molecular flexibility index (Phi) is 6.18. The Labute approximate surface area is 210 Å². The summed E-state index contributed by atoms with van der Waals surface area (Å²) in [5.74, 6) is -0.199. The molecule has 0 unspecified atom stereocenters. The highest BCUT2D eigenvalue weighted by Gasteiger charge is 2.20. The monoisotopic (exact) mass is 516 g/mol. The summed E-state index contributed by atoms with van der Waals surface area (Å²) < 4.78 is 49.2. The molecule has 0 aliphatic carbocycles. The summed E-state index contributed by atoms with van der Waals surface area (Å²) in [6.45, 7) is 0. The summed E-state index contributed by atoms with van der Waals surface area (Å²) in [5.41, 5.74) is 2.49. The molecule has 0 aliphatic rings. The molecule has 0 amide bonds. The maximum Gasteiger partial charge on any atom is 0.184 e. The summed E-state index contributed by atoms with van der Waals surface area (Å²) in [7, 11) is -2.12. The van der Waals surface area contributed by atoms with E-state index in [2.05, 4.69) is 20.4 Å². The van der Waals surface area contributed by atoms with Gasteiger partial charge in [0.2, 0.25) is 0 Å². The molecule has 5 aromatic rings. The number of rotatable bonds is 6. The lowest BCUT2D eigenvalue weighted by Gasteiger charge is -2.14. The average molecular weight is 517 g/mol. The van der Waals surface area contributed by atoms with Gasteiger partial charge in [-0.15, -0.1) is 0 Å². The van der Waals surface area contributed by atoms with Crippen molar-refractivity contribution in [2.24, 2.45) is 0 Å². The smallest absolute Gasteiger partial charge is 0.184 e. The molecule has 2 aromatic heterocycles. The number of sulfone groups is 1. The van der Waals surface area contributed by atoms with Crippen LogP contribution >= 0.6 is 11.5 Å². The number of halogens is 1. The van der Waals surface area contributed by atoms with Gasteiger partial charge in [0.1, 0.15) is 28.7 Å². The maximum atomic E-state index is 13.8. The van der Waals surface area contributed by atoms with Crippen LogP contribution in [0.3, 0.4) is 0 Å². The number of benzene rings is 3. The van der Waals surface area contributed by atoms with Crippen LogP contribution in [-0.2, 0) is 15.6 Å². The minimum atomic E-state index is -3.63. The van der Waals surface area contributed by atoms with Gasteiger partial charge in [0.15, 0.2) is 9.84 Å². The van der Waals surface area contributed by atoms with Gasteiger partial charge in [0, 0.05) is 22.7 Å². The first-order valence-electron chi connectivity index (χ1n) is 10.6. The zero-order valence-corrected chi connectivity index (χ0v) is 20.5. The Bertz CT molecular complexity index is 1750. The Morgan fingerprint density at radius 2 is 1.92 bits per heavy atom. The second-order valence-electron chi connectivity index (χ2n) is 7.86. The van der Waals surface area contributed by atoms with E-state index in [1.54, 1.807) is 48.7 Å². The van der Waals surface area contributed by atoms with E-state index in [9.17, 15) is 18.1 Å². The lowest BCUT2D eigenvalue weighted by Crippen LogP contribution is -2.05. The molecule has 3 aromatic carbocycles. The Morgan fingerprint density at radius 3 is 2.64 bits per heavy atom. The van der Waals surface area contributed by atoms with Gasteiger partial charge < -0.3 is 4.74 Å². The molecule has 0 spiro atoms. The largest absolute Gasteiger partial charge is 0.496 e. The zero-order chi connectivity index (χ0) is 25.3. The molecule has 5 rings (SSSR count). The molecule has 2 heterocycles. The van der Waals surface area contributed by atoms with Crippen LogP contribution < -0.4 is 4.74 Å². The third kappa shape index (κ3) is 4.42. The molecule has 0 aliphatic heterocycles. The molecular weight excluding hydrogens is 499 g/mol. The molecular formula is C26H17FN4O3S2. The number of ether oxygens (including phenoxy) is 1. The Balaban J connectivity index is 1.63. The molecule has 0 atom stereocenters. The fraction of sp³-hybridized carbons (Fsp3) is 0.0769. The molecule has 0 radical (unpaired) electrons. The van der Waals surface area contributed by atoms with Gasteiger partial charge in [-0.2, -0.15) is 9.64 Å². The number of fused-ring (bicyclic) bond motifs is 1. The summed E-state index contributed by atoms with van der Waals surface area (Å²) in [5, 5.41) is 11.6. The normalized spacial score (nSPS) is 11.4. The van der Waals surface area contributed by atoms with Gasteiger partial charge in [0.05, 0.1) is 29.3 Å². The fourth-order valence-corrected chi connectivity index (χ4v) is 6.13. The second-order valence-corrected chi connectivity index (χ2v) is 10.7. The summed E-state index contributed by atoms with van der Waals surface area (Å²) in [4.78, 5) is 8.64. The Hall–Kier alpha value is -4.20. The van der Waals surface area contributed by atoms with E-state index in [1.807, 2.05) is 0 Å². The van der Waals surface area contributed by atoms with Crippen molar-refractivity contribution >= 4 is 32.1 Å². The number of hydrogen-bond donors (Lipinski definition) is 0. The lowest BCUT2D eigenvalue weighted by molar-refractivity contribution is 0.416. The zero-order valence-electron chi connectivity index (χ0n) is 18.8. The van der Waals surface area contributed by atoms with E-state index in [1.165, 1.54) is 31.6 Å². The standard InChI is InChI=1S/C26H17FN4O3S2/c1-34-24-12-22(16-3-2-4-19(27)9-16)18(13-28)11-23(24)26-21-6-5-20(10-17(21)7-8-29-26)36(32,33)14-25-30-15-31-35-25/h2-12,15H,14H2,1H3. The molecule has 10 heteroatoms. The molecule has 0 fully saturated rings. The van der Waals surface area contributed by atoms with E-state index in [0.29, 0.717) is 49.5 Å². The van der Waals surface area contributed by atoms with Crippen LogP contribution in [-0.4, -0.2) is 29.9 Å². The number of aromatic nitrogens is 3.